The fraction of sp³-hybridized carbons (Fsp3) is 0.143. The van der Waals surface area contributed by atoms with Gasteiger partial charge in [0.15, 0.2) is 11.3 Å². The lowest BCUT2D eigenvalue weighted by atomic mass is 10.1. The van der Waals surface area contributed by atoms with Crippen LogP contribution < -0.4 is 5.73 Å². The second-order valence-electron chi connectivity index (χ2n) is 2.67. The molecule has 0 radical (unpaired) electrons. The van der Waals surface area contributed by atoms with Crippen LogP contribution in [0.2, 0.25) is 0 Å². The van der Waals surface area contributed by atoms with Crippen LogP contribution in [0, 0.1) is 10.1 Å². The van der Waals surface area contributed by atoms with Gasteiger partial charge in [-0.1, -0.05) is 0 Å². The van der Waals surface area contributed by atoms with E-state index in [1.54, 1.807) is 0 Å². The van der Waals surface area contributed by atoms with Crippen LogP contribution in [0.5, 0.6) is 5.75 Å². The number of hydrogen-bond donors (Lipinski definition) is 2. The standard InChI is InChI=1S/C7H5F2N3O4/c8-6(9)4-5(13)3(7(10)14)2(1-11-4)12(15)16/h1,6,13H,(H2,10,14). The molecule has 0 aromatic carbocycles. The Morgan fingerprint density at radius 1 is 1.62 bits per heavy atom. The summed E-state index contributed by atoms with van der Waals surface area (Å²) in [5.74, 6) is -2.65. The van der Waals surface area contributed by atoms with Gasteiger partial charge in [-0.25, -0.2) is 13.8 Å². The molecule has 0 bridgehead atoms. The summed E-state index contributed by atoms with van der Waals surface area (Å²) in [5.41, 5.74) is 1.72. The summed E-state index contributed by atoms with van der Waals surface area (Å²) >= 11 is 0. The van der Waals surface area contributed by atoms with Crippen LogP contribution in [0.15, 0.2) is 6.20 Å². The van der Waals surface area contributed by atoms with Gasteiger partial charge in [0, 0.05) is 0 Å². The molecule has 0 aliphatic carbocycles. The Hall–Kier alpha value is -2.32. The molecule has 86 valence electrons. The summed E-state index contributed by atoms with van der Waals surface area (Å²) in [7, 11) is 0. The number of aromatic hydroxyl groups is 1. The van der Waals surface area contributed by atoms with Gasteiger partial charge in [0.2, 0.25) is 0 Å². The van der Waals surface area contributed by atoms with Gasteiger partial charge in [-0.2, -0.15) is 0 Å². The monoisotopic (exact) mass is 233 g/mol. The Morgan fingerprint density at radius 2 is 2.19 bits per heavy atom. The average molecular weight is 233 g/mol. The third-order valence-electron chi connectivity index (χ3n) is 1.71. The van der Waals surface area contributed by atoms with E-state index in [1.807, 2.05) is 0 Å². The van der Waals surface area contributed by atoms with E-state index in [1.165, 1.54) is 0 Å². The molecule has 0 atom stereocenters. The average Bonchev–Trinajstić information content (AvgIpc) is 2.15. The van der Waals surface area contributed by atoms with Crippen molar-refractivity contribution in [1.82, 2.24) is 4.98 Å². The molecule has 0 saturated carbocycles. The van der Waals surface area contributed by atoms with Crippen LogP contribution in [0.4, 0.5) is 14.5 Å². The number of carbonyl (C=O) groups excluding carboxylic acids is 1. The highest BCUT2D eigenvalue weighted by Crippen LogP contribution is 2.33. The number of amides is 1. The zero-order valence-corrected chi connectivity index (χ0v) is 7.55. The first-order valence-electron chi connectivity index (χ1n) is 3.80. The lowest BCUT2D eigenvalue weighted by molar-refractivity contribution is -0.385. The van der Waals surface area contributed by atoms with Crippen molar-refractivity contribution in [2.24, 2.45) is 5.73 Å². The number of halogens is 2. The molecule has 0 aliphatic heterocycles. The minimum atomic E-state index is -3.17. The van der Waals surface area contributed by atoms with Crippen molar-refractivity contribution >= 4 is 11.6 Å². The summed E-state index contributed by atoms with van der Waals surface area (Å²) in [5, 5.41) is 19.6. The van der Waals surface area contributed by atoms with Gasteiger partial charge >= 0.3 is 5.69 Å². The Morgan fingerprint density at radius 3 is 2.56 bits per heavy atom. The third kappa shape index (κ3) is 1.87. The molecule has 3 N–H and O–H groups in total. The van der Waals surface area contributed by atoms with Gasteiger partial charge in [-0.3, -0.25) is 14.9 Å². The fourth-order valence-electron chi connectivity index (χ4n) is 1.05. The van der Waals surface area contributed by atoms with Crippen LogP contribution in [-0.4, -0.2) is 20.9 Å². The highest BCUT2D eigenvalue weighted by atomic mass is 19.3. The molecule has 7 nitrogen and oxygen atoms in total. The molecular formula is C7H5F2N3O4. The number of primary amides is 1. The van der Waals surface area contributed by atoms with Gasteiger partial charge in [-0.05, 0) is 0 Å². The predicted molar refractivity (Wildman–Crippen MR) is 46.0 cm³/mol. The number of nitro groups is 1. The van der Waals surface area contributed by atoms with Crippen molar-refractivity contribution in [2.75, 3.05) is 0 Å². The molecule has 1 amide bonds. The van der Waals surface area contributed by atoms with Gasteiger partial charge in [-0.15, -0.1) is 0 Å². The zero-order chi connectivity index (χ0) is 12.5. The first-order chi connectivity index (χ1) is 7.36. The maximum atomic E-state index is 12.3. The molecule has 16 heavy (non-hydrogen) atoms. The van der Waals surface area contributed by atoms with Gasteiger partial charge in [0.1, 0.15) is 11.9 Å². The lowest BCUT2D eigenvalue weighted by Gasteiger charge is -2.05. The SMILES string of the molecule is NC(=O)c1c([N+](=O)[O-])cnc(C(F)F)c1O. The molecule has 9 heteroatoms. The van der Waals surface area contributed by atoms with E-state index in [2.05, 4.69) is 4.98 Å². The van der Waals surface area contributed by atoms with Crippen molar-refractivity contribution in [3.8, 4) is 5.75 Å². The topological polar surface area (TPSA) is 119 Å². The fourth-order valence-corrected chi connectivity index (χ4v) is 1.05. The smallest absolute Gasteiger partial charge is 0.304 e. The van der Waals surface area contributed by atoms with Crippen LogP contribution in [0.1, 0.15) is 22.5 Å². The molecule has 1 aromatic heterocycles. The highest BCUT2D eigenvalue weighted by Gasteiger charge is 2.29. The molecule has 0 spiro atoms. The van der Waals surface area contributed by atoms with E-state index < -0.39 is 40.0 Å². The predicted octanol–water partition coefficient (Wildman–Crippen LogP) is 0.732. The Kier molecular flexibility index (Phi) is 2.97. The summed E-state index contributed by atoms with van der Waals surface area (Å²) in [4.78, 5) is 23.2. The highest BCUT2D eigenvalue weighted by molar-refractivity contribution is 5.99. The number of carbonyl (C=O) groups is 1. The van der Waals surface area contributed by atoms with Crippen LogP contribution in [0.3, 0.4) is 0 Å². The molecule has 1 rings (SSSR count). The van der Waals surface area contributed by atoms with E-state index in [4.69, 9.17) is 5.73 Å². The molecule has 0 aliphatic rings. The zero-order valence-electron chi connectivity index (χ0n) is 7.55. The van der Waals surface area contributed by atoms with Crippen LogP contribution in [0.25, 0.3) is 0 Å². The van der Waals surface area contributed by atoms with E-state index in [-0.39, 0.29) is 0 Å². The summed E-state index contributed by atoms with van der Waals surface area (Å²) < 4.78 is 24.5. The van der Waals surface area contributed by atoms with E-state index in [0.29, 0.717) is 6.20 Å². The number of nitrogens with two attached hydrogens (primary N) is 1. The summed E-state index contributed by atoms with van der Waals surface area (Å²) in [6.07, 6.45) is -2.72. The molecule has 1 aromatic rings. The summed E-state index contributed by atoms with van der Waals surface area (Å²) in [6.45, 7) is 0. The van der Waals surface area contributed by atoms with Crippen LogP contribution >= 0.6 is 0 Å². The van der Waals surface area contributed by atoms with E-state index >= 15 is 0 Å². The number of nitrogens with zero attached hydrogens (tertiary/aromatic N) is 2. The minimum Gasteiger partial charge on any atom is -0.505 e. The number of pyridine rings is 1. The maximum absolute atomic E-state index is 12.3. The molecule has 0 unspecified atom stereocenters. The Labute approximate surface area is 86.7 Å². The molecule has 0 saturated heterocycles. The molecule has 0 fully saturated rings. The molecular weight excluding hydrogens is 228 g/mol. The number of rotatable bonds is 3. The number of aromatic nitrogens is 1. The first-order valence-corrected chi connectivity index (χ1v) is 3.80. The van der Waals surface area contributed by atoms with E-state index in [0.717, 1.165) is 0 Å². The normalized spacial score (nSPS) is 10.4. The van der Waals surface area contributed by atoms with Crippen molar-refractivity contribution in [3.63, 3.8) is 0 Å². The van der Waals surface area contributed by atoms with Crippen molar-refractivity contribution in [2.45, 2.75) is 6.43 Å². The first kappa shape index (κ1) is 11.8. The quantitative estimate of drug-likeness (QED) is 0.589. The number of hydrogen-bond acceptors (Lipinski definition) is 5. The van der Waals surface area contributed by atoms with Crippen molar-refractivity contribution in [1.29, 1.82) is 0 Å². The van der Waals surface area contributed by atoms with Gasteiger partial charge in [0.05, 0.1) is 4.92 Å². The van der Waals surface area contributed by atoms with E-state index in [9.17, 15) is 28.8 Å². The summed E-state index contributed by atoms with van der Waals surface area (Å²) in [6, 6.07) is 0. The van der Waals surface area contributed by atoms with Crippen LogP contribution in [-0.2, 0) is 0 Å². The third-order valence-corrected chi connectivity index (χ3v) is 1.71. The van der Waals surface area contributed by atoms with Crippen molar-refractivity contribution < 1.29 is 23.6 Å². The maximum Gasteiger partial charge on any atom is 0.304 e. The Balaban J connectivity index is 3.54. The number of alkyl halides is 2. The lowest BCUT2D eigenvalue weighted by Crippen LogP contribution is -2.15. The van der Waals surface area contributed by atoms with Gasteiger partial charge < -0.3 is 10.8 Å². The largest absolute Gasteiger partial charge is 0.505 e. The molecule has 1 heterocycles. The Bertz CT molecular complexity index is 463. The van der Waals surface area contributed by atoms with Crippen molar-refractivity contribution in [3.05, 3.63) is 27.6 Å². The second kappa shape index (κ2) is 4.04. The second-order valence-corrected chi connectivity index (χ2v) is 2.67. The van der Waals surface area contributed by atoms with Gasteiger partial charge in [0.25, 0.3) is 12.3 Å². The minimum absolute atomic E-state index is 0.446.